The first kappa shape index (κ1) is 9.44. The fraction of sp³-hybridized carbons (Fsp3) is 0.556. The Morgan fingerprint density at radius 2 is 2.50 bits per heavy atom. The van der Waals surface area contributed by atoms with Gasteiger partial charge in [-0.15, -0.1) is 0 Å². The van der Waals surface area contributed by atoms with Crippen LogP contribution in [-0.4, -0.2) is 15.1 Å². The summed E-state index contributed by atoms with van der Waals surface area (Å²) in [5.74, 6) is 0. The zero-order valence-corrected chi connectivity index (χ0v) is 8.60. The highest BCUT2D eigenvalue weighted by atomic mass is 32.1. The molecule has 1 heterocycles. The summed E-state index contributed by atoms with van der Waals surface area (Å²) in [5, 5.41) is 12.2. The molecule has 2 N–H and O–H groups in total. The first-order valence-corrected chi connectivity index (χ1v) is 5.07. The zero-order chi connectivity index (χ0) is 10.0. The maximum Gasteiger partial charge on any atom is 0.178 e. The van der Waals surface area contributed by atoms with Crippen LogP contribution in [-0.2, 0) is 6.67 Å². The normalized spacial score (nSPS) is 18.5. The van der Waals surface area contributed by atoms with E-state index in [4.69, 9.17) is 17.5 Å². The van der Waals surface area contributed by atoms with Gasteiger partial charge < -0.3 is 9.55 Å². The largest absolute Gasteiger partial charge is 0.337 e. The van der Waals surface area contributed by atoms with Gasteiger partial charge in [-0.2, -0.15) is 5.26 Å². The molecule has 1 aliphatic rings. The number of nitrogens with one attached hydrogen (secondary N) is 2. The first-order valence-electron chi connectivity index (χ1n) is 4.66. The second-order valence-corrected chi connectivity index (χ2v) is 4.00. The molecule has 1 aliphatic carbocycles. The minimum absolute atomic E-state index is 0.300. The van der Waals surface area contributed by atoms with Crippen LogP contribution in [0.3, 0.4) is 0 Å². The number of nitrogens with zero attached hydrogens (tertiary/aromatic N) is 2. The molecule has 1 fully saturated rings. The molecule has 0 bridgehead atoms. The monoisotopic (exact) mass is 208 g/mol. The lowest BCUT2D eigenvalue weighted by Crippen LogP contribution is -2.50. The Morgan fingerprint density at radius 1 is 1.71 bits per heavy atom. The van der Waals surface area contributed by atoms with Crippen LogP contribution in [0.5, 0.6) is 0 Å². The topological polar surface area (TPSA) is 56.5 Å². The van der Waals surface area contributed by atoms with Crippen LogP contribution < -0.4 is 5.32 Å². The van der Waals surface area contributed by atoms with Crippen molar-refractivity contribution in [2.45, 2.75) is 31.5 Å². The van der Waals surface area contributed by atoms with Crippen molar-refractivity contribution < 1.29 is 0 Å². The second kappa shape index (κ2) is 3.56. The number of imidazole rings is 1. The van der Waals surface area contributed by atoms with Gasteiger partial charge >= 0.3 is 0 Å². The fourth-order valence-corrected chi connectivity index (χ4v) is 1.76. The quantitative estimate of drug-likeness (QED) is 0.741. The fourth-order valence-electron chi connectivity index (χ4n) is 1.57. The van der Waals surface area contributed by atoms with Crippen molar-refractivity contribution in [1.82, 2.24) is 14.9 Å². The third-order valence-corrected chi connectivity index (χ3v) is 3.08. The highest BCUT2D eigenvalue weighted by Crippen LogP contribution is 2.30. The van der Waals surface area contributed by atoms with Crippen molar-refractivity contribution in [3.8, 4) is 6.07 Å². The third-order valence-electron chi connectivity index (χ3n) is 2.73. The molecule has 14 heavy (non-hydrogen) atoms. The van der Waals surface area contributed by atoms with Gasteiger partial charge in [0.05, 0.1) is 12.7 Å². The Balaban J connectivity index is 1.98. The predicted molar refractivity (Wildman–Crippen MR) is 54.9 cm³/mol. The van der Waals surface area contributed by atoms with Crippen molar-refractivity contribution in [3.63, 3.8) is 0 Å². The minimum Gasteiger partial charge on any atom is -0.337 e. The van der Waals surface area contributed by atoms with E-state index in [9.17, 15) is 0 Å². The summed E-state index contributed by atoms with van der Waals surface area (Å²) >= 11 is 5.05. The van der Waals surface area contributed by atoms with Crippen LogP contribution in [0.4, 0.5) is 0 Å². The molecule has 0 spiro atoms. The van der Waals surface area contributed by atoms with Crippen LogP contribution in [0.25, 0.3) is 0 Å². The van der Waals surface area contributed by atoms with Crippen LogP contribution >= 0.6 is 12.2 Å². The molecule has 0 amide bonds. The highest BCUT2D eigenvalue weighted by molar-refractivity contribution is 7.71. The molecule has 0 aromatic carbocycles. The Labute approximate surface area is 87.6 Å². The second-order valence-electron chi connectivity index (χ2n) is 3.62. The Morgan fingerprint density at radius 3 is 2.93 bits per heavy atom. The van der Waals surface area contributed by atoms with Gasteiger partial charge in [0.25, 0.3) is 0 Å². The molecule has 0 saturated heterocycles. The molecule has 1 aromatic rings. The summed E-state index contributed by atoms with van der Waals surface area (Å²) in [5.41, 5.74) is -0.300. The molecule has 2 rings (SSSR count). The summed E-state index contributed by atoms with van der Waals surface area (Å²) in [7, 11) is 0. The summed E-state index contributed by atoms with van der Waals surface area (Å²) in [6, 6.07) is 2.33. The predicted octanol–water partition coefficient (Wildman–Crippen LogP) is 1.54. The maximum absolute atomic E-state index is 8.98. The lowest BCUT2D eigenvalue weighted by molar-refractivity contribution is 0.235. The van der Waals surface area contributed by atoms with E-state index in [-0.39, 0.29) is 5.54 Å². The Hall–Kier alpha value is -1.12. The average Bonchev–Trinajstić information content (AvgIpc) is 2.51. The van der Waals surface area contributed by atoms with Gasteiger partial charge in [0.1, 0.15) is 5.54 Å². The van der Waals surface area contributed by atoms with Gasteiger partial charge in [0.15, 0.2) is 4.77 Å². The molecule has 1 saturated carbocycles. The highest BCUT2D eigenvalue weighted by Gasteiger charge is 2.36. The molecular formula is C9H12N4S. The van der Waals surface area contributed by atoms with Crippen molar-refractivity contribution in [3.05, 3.63) is 17.2 Å². The van der Waals surface area contributed by atoms with Crippen molar-refractivity contribution in [2.75, 3.05) is 0 Å². The Bertz CT molecular complexity index is 407. The third kappa shape index (κ3) is 1.59. The van der Waals surface area contributed by atoms with Crippen molar-refractivity contribution in [1.29, 1.82) is 5.26 Å². The standard InChI is InChI=1S/C9H12N4S/c10-6-9(2-1-3-9)12-7-13-5-4-11-8(13)14/h4-5,12H,1-3,7H2,(H,11,14). The summed E-state index contributed by atoms with van der Waals surface area (Å²) in [6.45, 7) is 0.607. The molecule has 1 aromatic heterocycles. The van der Waals surface area contributed by atoms with Crippen LogP contribution in [0, 0.1) is 16.1 Å². The smallest absolute Gasteiger partial charge is 0.178 e. The minimum atomic E-state index is -0.300. The number of hydrogen-bond donors (Lipinski definition) is 2. The number of hydrogen-bond acceptors (Lipinski definition) is 3. The van der Waals surface area contributed by atoms with Gasteiger partial charge in [0.2, 0.25) is 0 Å². The van der Waals surface area contributed by atoms with E-state index in [0.29, 0.717) is 11.4 Å². The van der Waals surface area contributed by atoms with Gasteiger partial charge in [-0.25, -0.2) is 0 Å². The lowest BCUT2D eigenvalue weighted by atomic mass is 9.78. The van der Waals surface area contributed by atoms with Gasteiger partial charge in [-0.1, -0.05) is 0 Å². The van der Waals surface area contributed by atoms with Gasteiger partial charge in [0, 0.05) is 12.4 Å². The summed E-state index contributed by atoms with van der Waals surface area (Å²) < 4.78 is 2.57. The Kier molecular flexibility index (Phi) is 2.40. The van der Waals surface area contributed by atoms with Crippen LogP contribution in [0.15, 0.2) is 12.4 Å². The first-order chi connectivity index (χ1) is 6.76. The average molecular weight is 208 g/mol. The van der Waals surface area contributed by atoms with E-state index in [1.54, 1.807) is 6.20 Å². The lowest BCUT2D eigenvalue weighted by Gasteiger charge is -2.36. The molecule has 74 valence electrons. The van der Waals surface area contributed by atoms with E-state index in [2.05, 4.69) is 16.4 Å². The number of aromatic amines is 1. The van der Waals surface area contributed by atoms with E-state index >= 15 is 0 Å². The molecule has 0 atom stereocenters. The van der Waals surface area contributed by atoms with E-state index < -0.39 is 0 Å². The van der Waals surface area contributed by atoms with E-state index in [1.165, 1.54) is 0 Å². The van der Waals surface area contributed by atoms with E-state index in [1.807, 2.05) is 10.8 Å². The number of rotatable bonds is 3. The molecular weight excluding hydrogens is 196 g/mol. The molecule has 0 aliphatic heterocycles. The number of aromatic nitrogens is 2. The maximum atomic E-state index is 8.98. The summed E-state index contributed by atoms with van der Waals surface area (Å²) in [6.07, 6.45) is 6.70. The number of H-pyrrole nitrogens is 1. The van der Waals surface area contributed by atoms with Crippen LogP contribution in [0.2, 0.25) is 0 Å². The zero-order valence-electron chi connectivity index (χ0n) is 7.79. The van der Waals surface area contributed by atoms with Crippen molar-refractivity contribution >= 4 is 12.2 Å². The molecule has 0 unspecified atom stereocenters. The molecule has 4 nitrogen and oxygen atoms in total. The molecule has 0 radical (unpaired) electrons. The van der Waals surface area contributed by atoms with Crippen molar-refractivity contribution in [2.24, 2.45) is 0 Å². The van der Waals surface area contributed by atoms with Gasteiger partial charge in [-0.3, -0.25) is 5.32 Å². The van der Waals surface area contributed by atoms with E-state index in [0.717, 1.165) is 19.3 Å². The number of nitriles is 1. The summed E-state index contributed by atoms with van der Waals surface area (Å²) in [4.78, 5) is 2.91. The SMILES string of the molecule is N#CC1(NCn2cc[nH]c2=S)CCC1. The van der Waals surface area contributed by atoms with Crippen LogP contribution in [0.1, 0.15) is 19.3 Å². The van der Waals surface area contributed by atoms with Gasteiger partial charge in [-0.05, 0) is 31.5 Å². The molecule has 5 heteroatoms.